The number of carboxylic acids is 1. The van der Waals surface area contributed by atoms with Crippen molar-refractivity contribution in [2.24, 2.45) is 5.92 Å². The molecule has 3 amide bonds. The van der Waals surface area contributed by atoms with E-state index in [1.165, 1.54) is 25.7 Å². The predicted octanol–water partition coefficient (Wildman–Crippen LogP) is 5.21. The van der Waals surface area contributed by atoms with E-state index in [0.29, 0.717) is 37.4 Å². The number of imidazole rings is 1. The highest BCUT2D eigenvalue weighted by Crippen LogP contribution is 2.29. The number of H-pyrrole nitrogens is 1. The molecule has 0 spiro atoms. The monoisotopic (exact) mass is 639 g/mol. The summed E-state index contributed by atoms with van der Waals surface area (Å²) in [5.74, 6) is -0.256. The zero-order chi connectivity index (χ0) is 33.0. The summed E-state index contributed by atoms with van der Waals surface area (Å²) in [6.07, 6.45) is 5.95. The number of para-hydroxylation sites is 2. The van der Waals surface area contributed by atoms with Crippen molar-refractivity contribution in [2.45, 2.75) is 64.1 Å². The lowest BCUT2D eigenvalue weighted by molar-refractivity contribution is -0.139. The maximum atomic E-state index is 13.4. The van der Waals surface area contributed by atoms with E-state index in [1.54, 1.807) is 48.5 Å². The van der Waals surface area contributed by atoms with Crippen molar-refractivity contribution in [3.63, 3.8) is 0 Å². The predicted molar refractivity (Wildman–Crippen MR) is 176 cm³/mol. The normalized spacial score (nSPS) is 13.6. The van der Waals surface area contributed by atoms with Gasteiger partial charge in [-0.3, -0.25) is 9.59 Å². The van der Waals surface area contributed by atoms with Gasteiger partial charge in [0, 0.05) is 38.0 Å². The number of amides is 3. The minimum Gasteiger partial charge on any atom is -0.480 e. The van der Waals surface area contributed by atoms with Gasteiger partial charge in [0.05, 0.1) is 11.0 Å². The van der Waals surface area contributed by atoms with Gasteiger partial charge in [0.15, 0.2) is 0 Å². The van der Waals surface area contributed by atoms with Crippen LogP contribution in [0.5, 0.6) is 0 Å². The van der Waals surface area contributed by atoms with E-state index < -0.39 is 24.0 Å². The molecule has 1 saturated carbocycles. The van der Waals surface area contributed by atoms with Gasteiger partial charge in [-0.1, -0.05) is 80.3 Å². The fraction of sp³-hybridized carbons (Fsp3) is 0.361. The maximum Gasteiger partial charge on any atom is 0.408 e. The lowest BCUT2D eigenvalue weighted by Crippen LogP contribution is -2.48. The molecule has 11 heteroatoms. The molecule has 246 valence electrons. The molecule has 47 heavy (non-hydrogen) atoms. The van der Waals surface area contributed by atoms with E-state index in [4.69, 9.17) is 4.74 Å². The van der Waals surface area contributed by atoms with Crippen molar-refractivity contribution in [2.75, 3.05) is 13.1 Å². The zero-order valence-corrected chi connectivity index (χ0v) is 26.3. The summed E-state index contributed by atoms with van der Waals surface area (Å²) in [6, 6.07) is 22.3. The van der Waals surface area contributed by atoms with Crippen molar-refractivity contribution in [1.82, 2.24) is 25.5 Å². The van der Waals surface area contributed by atoms with Gasteiger partial charge in [0.1, 0.15) is 18.5 Å². The SMILES string of the molecule is O=C(NC(CNC(=O)c1ccc(CN(CCc2nc3ccccc3[nH]2)C(=O)CCC2CCCC2)cc1)C(=O)O)OCc1ccccc1. The second-order valence-corrected chi connectivity index (χ2v) is 12.0. The van der Waals surface area contributed by atoms with Crippen LogP contribution in [0.4, 0.5) is 4.79 Å². The summed E-state index contributed by atoms with van der Waals surface area (Å²) in [5.41, 5.74) is 3.81. The highest BCUT2D eigenvalue weighted by molar-refractivity contribution is 5.94. The van der Waals surface area contributed by atoms with Crippen molar-refractivity contribution in [1.29, 1.82) is 0 Å². The van der Waals surface area contributed by atoms with Crippen LogP contribution in [0.2, 0.25) is 0 Å². The smallest absolute Gasteiger partial charge is 0.408 e. The van der Waals surface area contributed by atoms with E-state index in [-0.39, 0.29) is 19.1 Å². The van der Waals surface area contributed by atoms with Gasteiger partial charge in [-0.05, 0) is 47.7 Å². The molecule has 0 bridgehead atoms. The van der Waals surface area contributed by atoms with Crippen LogP contribution >= 0.6 is 0 Å². The van der Waals surface area contributed by atoms with Gasteiger partial charge in [-0.2, -0.15) is 0 Å². The van der Waals surface area contributed by atoms with Crippen molar-refractivity contribution < 1.29 is 29.0 Å². The Morgan fingerprint density at radius 3 is 2.38 bits per heavy atom. The molecule has 0 saturated heterocycles. The molecule has 5 rings (SSSR count). The molecule has 0 aliphatic heterocycles. The molecule has 1 heterocycles. The molecule has 3 aromatic carbocycles. The van der Waals surface area contributed by atoms with E-state index in [0.717, 1.165) is 34.4 Å². The van der Waals surface area contributed by atoms with Gasteiger partial charge >= 0.3 is 12.1 Å². The molecular formula is C36H41N5O6. The van der Waals surface area contributed by atoms with Crippen LogP contribution in [-0.2, 0) is 33.9 Å². The molecular weight excluding hydrogens is 598 g/mol. The number of hydrogen-bond acceptors (Lipinski definition) is 6. The summed E-state index contributed by atoms with van der Waals surface area (Å²) < 4.78 is 5.10. The van der Waals surface area contributed by atoms with Gasteiger partial charge in [-0.25, -0.2) is 14.6 Å². The summed E-state index contributed by atoms with van der Waals surface area (Å²) in [6.45, 7) is 0.549. The molecule has 4 N–H and O–H groups in total. The lowest BCUT2D eigenvalue weighted by atomic mass is 10.0. The highest BCUT2D eigenvalue weighted by atomic mass is 16.5. The topological polar surface area (TPSA) is 154 Å². The molecule has 1 fully saturated rings. The Morgan fingerprint density at radius 2 is 1.66 bits per heavy atom. The number of nitrogens with zero attached hydrogens (tertiary/aromatic N) is 2. The second-order valence-electron chi connectivity index (χ2n) is 12.0. The number of fused-ring (bicyclic) bond motifs is 1. The standard InChI is InChI=1S/C36H41N5O6/c42-33(19-16-25-8-4-5-9-25)41(21-20-32-38-29-12-6-7-13-30(29)39-32)23-26-14-17-28(18-15-26)34(43)37-22-31(35(44)45)40-36(46)47-24-27-10-2-1-3-11-27/h1-3,6-7,10-15,17-18,25,31H,4-5,8-9,16,19-24H2,(H,37,43)(H,38,39)(H,40,46)(H,44,45). The summed E-state index contributed by atoms with van der Waals surface area (Å²) >= 11 is 0. The molecule has 1 unspecified atom stereocenters. The van der Waals surface area contributed by atoms with Crippen LogP contribution < -0.4 is 10.6 Å². The Balaban J connectivity index is 1.15. The first-order chi connectivity index (χ1) is 22.8. The van der Waals surface area contributed by atoms with Crippen LogP contribution in [0.15, 0.2) is 78.9 Å². The molecule has 1 aromatic heterocycles. The summed E-state index contributed by atoms with van der Waals surface area (Å²) in [4.78, 5) is 60.0. The van der Waals surface area contributed by atoms with E-state index in [2.05, 4.69) is 20.6 Å². The van der Waals surface area contributed by atoms with Crippen molar-refractivity contribution in [3.05, 3.63) is 101 Å². The van der Waals surface area contributed by atoms with Crippen LogP contribution in [0, 0.1) is 5.92 Å². The molecule has 1 aliphatic carbocycles. The third kappa shape index (κ3) is 9.90. The molecule has 4 aromatic rings. The zero-order valence-electron chi connectivity index (χ0n) is 26.3. The average molecular weight is 640 g/mol. The first-order valence-electron chi connectivity index (χ1n) is 16.1. The molecule has 1 atom stereocenters. The fourth-order valence-corrected chi connectivity index (χ4v) is 5.83. The van der Waals surface area contributed by atoms with Crippen LogP contribution in [0.25, 0.3) is 11.0 Å². The third-order valence-electron chi connectivity index (χ3n) is 8.51. The Bertz CT molecular complexity index is 1620. The van der Waals surface area contributed by atoms with Crippen LogP contribution in [-0.4, -0.2) is 63.0 Å². The first kappa shape index (κ1) is 33.2. The number of aliphatic carboxylic acids is 1. The average Bonchev–Trinajstić information content (AvgIpc) is 3.77. The molecule has 1 aliphatic rings. The maximum absolute atomic E-state index is 13.4. The van der Waals surface area contributed by atoms with Crippen molar-refractivity contribution >= 4 is 34.9 Å². The van der Waals surface area contributed by atoms with Gasteiger partial charge in [-0.15, -0.1) is 0 Å². The Labute approximate surface area is 273 Å². The number of aromatic nitrogens is 2. The Hall–Kier alpha value is -5.19. The Kier molecular flexibility index (Phi) is 11.6. The lowest BCUT2D eigenvalue weighted by Gasteiger charge is -2.23. The number of hydrogen-bond donors (Lipinski definition) is 4. The fourth-order valence-electron chi connectivity index (χ4n) is 5.83. The number of carbonyl (C=O) groups excluding carboxylic acids is 3. The van der Waals surface area contributed by atoms with E-state index in [1.807, 2.05) is 35.2 Å². The quantitative estimate of drug-likeness (QED) is 0.139. The van der Waals surface area contributed by atoms with Gasteiger partial charge < -0.3 is 30.4 Å². The van der Waals surface area contributed by atoms with Gasteiger partial charge in [0.2, 0.25) is 5.91 Å². The number of carboxylic acid groups (broad SMARTS) is 1. The van der Waals surface area contributed by atoms with E-state index >= 15 is 0 Å². The number of carbonyl (C=O) groups is 4. The largest absolute Gasteiger partial charge is 0.480 e. The summed E-state index contributed by atoms with van der Waals surface area (Å²) in [7, 11) is 0. The molecule has 0 radical (unpaired) electrons. The van der Waals surface area contributed by atoms with Crippen LogP contribution in [0.3, 0.4) is 0 Å². The number of alkyl carbamates (subject to hydrolysis) is 1. The number of ether oxygens (including phenoxy) is 1. The highest BCUT2D eigenvalue weighted by Gasteiger charge is 2.23. The molecule has 11 nitrogen and oxygen atoms in total. The number of benzene rings is 3. The Morgan fingerprint density at radius 1 is 0.936 bits per heavy atom. The summed E-state index contributed by atoms with van der Waals surface area (Å²) in [5, 5.41) is 14.4. The van der Waals surface area contributed by atoms with Crippen molar-refractivity contribution in [3.8, 4) is 0 Å². The number of aromatic amines is 1. The minimum atomic E-state index is -1.38. The van der Waals surface area contributed by atoms with Crippen LogP contribution in [0.1, 0.15) is 65.8 Å². The third-order valence-corrected chi connectivity index (χ3v) is 8.51. The van der Waals surface area contributed by atoms with Gasteiger partial charge in [0.25, 0.3) is 5.91 Å². The second kappa shape index (κ2) is 16.4. The minimum absolute atomic E-state index is 0.0127. The van der Waals surface area contributed by atoms with E-state index in [9.17, 15) is 24.3 Å². The number of rotatable bonds is 15. The first-order valence-corrected chi connectivity index (χ1v) is 16.1. The number of nitrogens with one attached hydrogen (secondary N) is 3.